The van der Waals surface area contributed by atoms with Gasteiger partial charge in [0.1, 0.15) is 5.60 Å². The SMILES string of the molecule is CCC(C)(C)OC(=O)C(C)C(=O)OC(O)CCO. The highest BCUT2D eigenvalue weighted by molar-refractivity contribution is 5.94. The second-order valence-electron chi connectivity index (χ2n) is 4.66. The third-order valence-corrected chi connectivity index (χ3v) is 2.56. The Balaban J connectivity index is 4.33. The number of carbonyl (C=O) groups is 2. The van der Waals surface area contributed by atoms with Crippen LogP contribution in [0.25, 0.3) is 0 Å². The normalized spacial score (nSPS) is 14.8. The second kappa shape index (κ2) is 7.33. The van der Waals surface area contributed by atoms with Crippen LogP contribution in [-0.2, 0) is 19.1 Å². The lowest BCUT2D eigenvalue weighted by Gasteiger charge is -2.25. The molecular weight excluding hydrogens is 240 g/mol. The number of ether oxygens (including phenoxy) is 2. The minimum atomic E-state index is -1.41. The standard InChI is InChI=1S/C12H22O6/c1-5-12(3,4)18-11(16)8(2)10(15)17-9(14)6-7-13/h8-9,13-14H,5-7H2,1-4H3. The summed E-state index contributed by atoms with van der Waals surface area (Å²) in [5, 5.41) is 17.7. The van der Waals surface area contributed by atoms with E-state index in [1.54, 1.807) is 13.8 Å². The molecule has 2 atom stereocenters. The molecule has 0 amide bonds. The third kappa shape index (κ3) is 5.97. The van der Waals surface area contributed by atoms with Gasteiger partial charge in [-0.1, -0.05) is 6.92 Å². The van der Waals surface area contributed by atoms with E-state index in [0.717, 1.165) is 0 Å². The van der Waals surface area contributed by atoms with Gasteiger partial charge in [-0.3, -0.25) is 9.59 Å². The highest BCUT2D eigenvalue weighted by Gasteiger charge is 2.30. The summed E-state index contributed by atoms with van der Waals surface area (Å²) < 4.78 is 9.72. The summed E-state index contributed by atoms with van der Waals surface area (Å²) in [5.74, 6) is -2.67. The average molecular weight is 262 g/mol. The van der Waals surface area contributed by atoms with Gasteiger partial charge in [-0.05, 0) is 27.2 Å². The van der Waals surface area contributed by atoms with Crippen molar-refractivity contribution in [1.82, 2.24) is 0 Å². The van der Waals surface area contributed by atoms with E-state index in [-0.39, 0.29) is 13.0 Å². The summed E-state index contributed by atoms with van der Waals surface area (Å²) in [6.45, 7) is 6.38. The molecule has 0 saturated carbocycles. The molecule has 106 valence electrons. The molecule has 0 aromatic rings. The molecule has 0 aliphatic heterocycles. The first-order chi connectivity index (χ1) is 8.23. The topological polar surface area (TPSA) is 93.1 Å². The molecule has 0 aromatic carbocycles. The van der Waals surface area contributed by atoms with Crippen molar-refractivity contribution in [2.24, 2.45) is 5.92 Å². The molecule has 0 rings (SSSR count). The lowest BCUT2D eigenvalue weighted by molar-refractivity contribution is -0.182. The molecule has 0 fully saturated rings. The first kappa shape index (κ1) is 16.9. The zero-order valence-electron chi connectivity index (χ0n) is 11.3. The number of rotatable bonds is 7. The highest BCUT2D eigenvalue weighted by atomic mass is 16.6. The molecular formula is C12H22O6. The Morgan fingerprint density at radius 3 is 2.28 bits per heavy atom. The maximum absolute atomic E-state index is 11.6. The Morgan fingerprint density at radius 2 is 1.83 bits per heavy atom. The minimum absolute atomic E-state index is 0.0893. The molecule has 18 heavy (non-hydrogen) atoms. The van der Waals surface area contributed by atoms with E-state index in [9.17, 15) is 14.7 Å². The summed E-state index contributed by atoms with van der Waals surface area (Å²) in [5.41, 5.74) is -0.644. The van der Waals surface area contributed by atoms with Crippen molar-refractivity contribution in [2.45, 2.75) is 52.4 Å². The van der Waals surface area contributed by atoms with Crippen molar-refractivity contribution in [1.29, 1.82) is 0 Å². The van der Waals surface area contributed by atoms with Gasteiger partial charge >= 0.3 is 11.9 Å². The zero-order chi connectivity index (χ0) is 14.3. The van der Waals surface area contributed by atoms with Crippen molar-refractivity contribution >= 4 is 11.9 Å². The maximum Gasteiger partial charge on any atom is 0.322 e. The van der Waals surface area contributed by atoms with Crippen LogP contribution >= 0.6 is 0 Å². The van der Waals surface area contributed by atoms with Crippen LogP contribution in [0.3, 0.4) is 0 Å². The molecule has 0 bridgehead atoms. The van der Waals surface area contributed by atoms with Crippen molar-refractivity contribution in [3.63, 3.8) is 0 Å². The van der Waals surface area contributed by atoms with Gasteiger partial charge in [0.25, 0.3) is 0 Å². The van der Waals surface area contributed by atoms with Crippen LogP contribution in [0, 0.1) is 5.92 Å². The van der Waals surface area contributed by atoms with E-state index in [2.05, 4.69) is 4.74 Å². The van der Waals surface area contributed by atoms with Crippen molar-refractivity contribution in [3.8, 4) is 0 Å². The summed E-state index contributed by atoms with van der Waals surface area (Å²) in [6, 6.07) is 0. The van der Waals surface area contributed by atoms with Crippen LogP contribution in [0.15, 0.2) is 0 Å². The Morgan fingerprint density at radius 1 is 1.28 bits per heavy atom. The summed E-state index contributed by atoms with van der Waals surface area (Å²) in [7, 11) is 0. The van der Waals surface area contributed by atoms with E-state index < -0.39 is 29.7 Å². The number of esters is 2. The predicted octanol–water partition coefficient (Wildman–Crippen LogP) is 0.598. The second-order valence-corrected chi connectivity index (χ2v) is 4.66. The van der Waals surface area contributed by atoms with Crippen LogP contribution in [0.4, 0.5) is 0 Å². The Labute approximate surface area is 107 Å². The van der Waals surface area contributed by atoms with Crippen LogP contribution < -0.4 is 0 Å². The number of hydrogen-bond donors (Lipinski definition) is 2. The van der Waals surface area contributed by atoms with Gasteiger partial charge in [-0.2, -0.15) is 0 Å². The van der Waals surface area contributed by atoms with E-state index >= 15 is 0 Å². The molecule has 0 spiro atoms. The number of carbonyl (C=O) groups excluding carboxylic acids is 2. The van der Waals surface area contributed by atoms with Crippen molar-refractivity contribution < 1.29 is 29.3 Å². The largest absolute Gasteiger partial charge is 0.459 e. The Kier molecular flexibility index (Phi) is 6.86. The smallest absolute Gasteiger partial charge is 0.322 e. The Bertz CT molecular complexity index is 286. The predicted molar refractivity (Wildman–Crippen MR) is 63.4 cm³/mol. The van der Waals surface area contributed by atoms with Crippen LogP contribution in [0.5, 0.6) is 0 Å². The fourth-order valence-electron chi connectivity index (χ4n) is 0.935. The van der Waals surface area contributed by atoms with Gasteiger partial charge < -0.3 is 19.7 Å². The minimum Gasteiger partial charge on any atom is -0.459 e. The van der Waals surface area contributed by atoms with Crippen molar-refractivity contribution in [2.75, 3.05) is 6.61 Å². The lowest BCUT2D eigenvalue weighted by Crippen LogP contribution is -2.35. The zero-order valence-corrected chi connectivity index (χ0v) is 11.3. The van der Waals surface area contributed by atoms with Crippen LogP contribution in [0.2, 0.25) is 0 Å². The summed E-state index contributed by atoms with van der Waals surface area (Å²) >= 11 is 0. The molecule has 2 unspecified atom stereocenters. The van der Waals surface area contributed by atoms with Crippen LogP contribution in [0.1, 0.15) is 40.5 Å². The van der Waals surface area contributed by atoms with E-state index in [1.165, 1.54) is 6.92 Å². The van der Waals surface area contributed by atoms with Gasteiger partial charge in [0.2, 0.25) is 6.29 Å². The molecule has 0 aliphatic rings. The average Bonchev–Trinajstić information content (AvgIpc) is 2.27. The van der Waals surface area contributed by atoms with Gasteiger partial charge in [-0.15, -0.1) is 0 Å². The van der Waals surface area contributed by atoms with E-state index in [4.69, 9.17) is 9.84 Å². The first-order valence-corrected chi connectivity index (χ1v) is 5.95. The molecule has 0 aliphatic carbocycles. The third-order valence-electron chi connectivity index (χ3n) is 2.56. The molecule has 2 N–H and O–H groups in total. The summed E-state index contributed by atoms with van der Waals surface area (Å²) in [6.07, 6.45) is -0.876. The van der Waals surface area contributed by atoms with E-state index in [1.807, 2.05) is 6.92 Å². The quantitative estimate of drug-likeness (QED) is 0.396. The molecule has 0 aromatic heterocycles. The van der Waals surface area contributed by atoms with E-state index in [0.29, 0.717) is 6.42 Å². The van der Waals surface area contributed by atoms with Gasteiger partial charge in [0.05, 0.1) is 0 Å². The lowest BCUT2D eigenvalue weighted by atomic mass is 10.1. The molecule has 6 nitrogen and oxygen atoms in total. The molecule has 0 radical (unpaired) electrons. The van der Waals surface area contributed by atoms with Gasteiger partial charge in [0.15, 0.2) is 5.92 Å². The molecule has 6 heteroatoms. The molecule has 0 heterocycles. The fourth-order valence-corrected chi connectivity index (χ4v) is 0.935. The van der Waals surface area contributed by atoms with Crippen molar-refractivity contribution in [3.05, 3.63) is 0 Å². The number of hydrogen-bond acceptors (Lipinski definition) is 6. The van der Waals surface area contributed by atoms with Gasteiger partial charge in [0, 0.05) is 13.0 Å². The monoisotopic (exact) mass is 262 g/mol. The number of aliphatic hydroxyl groups excluding tert-OH is 2. The Hall–Kier alpha value is -1.14. The maximum atomic E-state index is 11.6. The fraction of sp³-hybridized carbons (Fsp3) is 0.833. The number of aliphatic hydroxyl groups is 2. The van der Waals surface area contributed by atoms with Crippen LogP contribution in [-0.4, -0.2) is 40.6 Å². The molecule has 0 saturated heterocycles. The highest BCUT2D eigenvalue weighted by Crippen LogP contribution is 2.17. The first-order valence-electron chi connectivity index (χ1n) is 5.95. The summed E-state index contributed by atoms with van der Waals surface area (Å²) in [4.78, 5) is 23.1. The van der Waals surface area contributed by atoms with Gasteiger partial charge in [-0.25, -0.2) is 0 Å².